The Kier molecular flexibility index (Phi) is 7.58. The smallest absolute Gasteiger partial charge is 0.163 e. The van der Waals surface area contributed by atoms with Crippen LogP contribution in [0.5, 0.6) is 11.5 Å². The van der Waals surface area contributed by atoms with Crippen LogP contribution in [-0.2, 0) is 0 Å². The van der Waals surface area contributed by atoms with Crippen molar-refractivity contribution in [3.05, 3.63) is 24.3 Å². The molecule has 0 aromatic heterocycles. The van der Waals surface area contributed by atoms with Crippen molar-refractivity contribution in [3.63, 3.8) is 0 Å². The van der Waals surface area contributed by atoms with Gasteiger partial charge in [0.2, 0.25) is 0 Å². The lowest BCUT2D eigenvalue weighted by Crippen LogP contribution is -2.41. The van der Waals surface area contributed by atoms with Gasteiger partial charge in [0.1, 0.15) is 0 Å². The highest BCUT2D eigenvalue weighted by atomic mass is 16.5. The first-order chi connectivity index (χ1) is 9.97. The Morgan fingerprint density at radius 3 is 2.10 bits per heavy atom. The summed E-state index contributed by atoms with van der Waals surface area (Å²) in [6.07, 6.45) is 1.84. The van der Waals surface area contributed by atoms with Crippen LogP contribution in [0.2, 0.25) is 0 Å². The molecule has 1 atom stereocenters. The quantitative estimate of drug-likeness (QED) is 0.540. The third-order valence-corrected chi connectivity index (χ3v) is 3.79. The molecule has 0 fully saturated rings. The summed E-state index contributed by atoms with van der Waals surface area (Å²) < 4.78 is 11.8. The van der Waals surface area contributed by atoms with E-state index in [-0.39, 0.29) is 6.23 Å². The lowest BCUT2D eigenvalue weighted by atomic mass is 9.84. The normalized spacial score (nSPS) is 13.0. The number of nitrogens with two attached hydrogens (primary N) is 1. The van der Waals surface area contributed by atoms with Crippen LogP contribution in [0.4, 0.5) is 0 Å². The van der Waals surface area contributed by atoms with Crippen LogP contribution < -0.4 is 15.2 Å². The summed E-state index contributed by atoms with van der Waals surface area (Å²) in [7, 11) is 0. The molecule has 21 heavy (non-hydrogen) atoms. The third-order valence-electron chi connectivity index (χ3n) is 3.79. The lowest BCUT2D eigenvalue weighted by molar-refractivity contribution is 0.0754. The lowest BCUT2D eigenvalue weighted by Gasteiger charge is -2.31. The van der Waals surface area contributed by atoms with Gasteiger partial charge in [0.15, 0.2) is 17.7 Å². The summed E-state index contributed by atoms with van der Waals surface area (Å²) in [5, 5.41) is 0. The Bertz CT molecular complexity index is 396. The maximum absolute atomic E-state index is 6.30. The summed E-state index contributed by atoms with van der Waals surface area (Å²) in [5.74, 6) is 2.80. The highest BCUT2D eigenvalue weighted by Gasteiger charge is 2.26. The zero-order valence-corrected chi connectivity index (χ0v) is 14.1. The van der Waals surface area contributed by atoms with Gasteiger partial charge >= 0.3 is 0 Å². The fraction of sp³-hybridized carbons (Fsp3) is 0.667. The highest BCUT2D eigenvalue weighted by Crippen LogP contribution is 2.31. The average molecular weight is 293 g/mol. The van der Waals surface area contributed by atoms with Crippen LogP contribution in [0.3, 0.4) is 0 Å². The molecule has 1 unspecified atom stereocenters. The second-order valence-electron chi connectivity index (χ2n) is 6.30. The molecule has 0 spiro atoms. The molecule has 120 valence electrons. The molecule has 0 radical (unpaired) electrons. The molecule has 0 aliphatic rings. The maximum atomic E-state index is 6.30. The predicted molar refractivity (Wildman–Crippen MR) is 88.6 cm³/mol. The molecular weight excluding hydrogens is 262 g/mol. The molecule has 1 aromatic rings. The molecule has 0 aliphatic heterocycles. The first-order valence-corrected chi connectivity index (χ1v) is 8.11. The first kappa shape index (κ1) is 17.8. The Labute approximate surface area is 129 Å². The van der Waals surface area contributed by atoms with Crippen LogP contribution in [0.25, 0.3) is 0 Å². The van der Waals surface area contributed by atoms with E-state index >= 15 is 0 Å². The molecule has 2 N–H and O–H groups in total. The van der Waals surface area contributed by atoms with Crippen LogP contribution in [0, 0.1) is 17.8 Å². The molecule has 3 nitrogen and oxygen atoms in total. The first-order valence-electron chi connectivity index (χ1n) is 8.11. The number of hydrogen-bond acceptors (Lipinski definition) is 3. The van der Waals surface area contributed by atoms with Gasteiger partial charge in [-0.1, -0.05) is 53.2 Å². The van der Waals surface area contributed by atoms with Crippen LogP contribution in [-0.4, -0.2) is 12.8 Å². The van der Waals surface area contributed by atoms with Gasteiger partial charge in [0, 0.05) is 5.92 Å². The summed E-state index contributed by atoms with van der Waals surface area (Å²) in [5.41, 5.74) is 6.30. The molecule has 0 heterocycles. The second-order valence-corrected chi connectivity index (χ2v) is 6.30. The molecule has 0 aliphatic carbocycles. The molecule has 1 aromatic carbocycles. The molecule has 0 saturated carbocycles. The number of rotatable bonds is 9. The number of ether oxygens (including phenoxy) is 2. The van der Waals surface area contributed by atoms with Crippen molar-refractivity contribution in [1.29, 1.82) is 0 Å². The van der Waals surface area contributed by atoms with Crippen molar-refractivity contribution in [2.45, 2.75) is 53.7 Å². The van der Waals surface area contributed by atoms with Crippen LogP contribution >= 0.6 is 0 Å². The Hall–Kier alpha value is -1.22. The molecule has 0 bridgehead atoms. The Morgan fingerprint density at radius 2 is 1.57 bits per heavy atom. The van der Waals surface area contributed by atoms with E-state index < -0.39 is 0 Å². The molecular formula is C18H31NO2. The summed E-state index contributed by atoms with van der Waals surface area (Å²) >= 11 is 0. The van der Waals surface area contributed by atoms with Gasteiger partial charge in [0.05, 0.1) is 6.61 Å². The minimum absolute atomic E-state index is 0.314. The molecule has 1 rings (SSSR count). The van der Waals surface area contributed by atoms with E-state index in [0.29, 0.717) is 24.4 Å². The molecule has 0 saturated heterocycles. The van der Waals surface area contributed by atoms with Crippen LogP contribution in [0.1, 0.15) is 47.5 Å². The number of para-hydroxylation sites is 2. The molecule has 0 amide bonds. The minimum Gasteiger partial charge on any atom is -0.490 e. The van der Waals surface area contributed by atoms with Crippen molar-refractivity contribution in [1.82, 2.24) is 0 Å². The average Bonchev–Trinajstić information content (AvgIpc) is 2.40. The topological polar surface area (TPSA) is 44.5 Å². The largest absolute Gasteiger partial charge is 0.490 e. The van der Waals surface area contributed by atoms with Crippen LogP contribution in [0.15, 0.2) is 24.3 Å². The summed E-state index contributed by atoms with van der Waals surface area (Å²) in [4.78, 5) is 0. The molecule has 3 heteroatoms. The highest BCUT2D eigenvalue weighted by molar-refractivity contribution is 5.39. The van der Waals surface area contributed by atoms with Gasteiger partial charge in [-0.05, 0) is 30.4 Å². The van der Waals surface area contributed by atoms with Gasteiger partial charge in [-0.3, -0.25) is 5.73 Å². The van der Waals surface area contributed by atoms with Gasteiger partial charge < -0.3 is 9.47 Å². The third kappa shape index (κ3) is 5.58. The SMILES string of the molecule is CCCCOc1ccccc1OC(N)C(C(C)C)C(C)C. The van der Waals surface area contributed by atoms with Crippen molar-refractivity contribution in [3.8, 4) is 11.5 Å². The van der Waals surface area contributed by atoms with Gasteiger partial charge in [-0.25, -0.2) is 0 Å². The zero-order valence-electron chi connectivity index (χ0n) is 14.1. The Balaban J connectivity index is 2.76. The van der Waals surface area contributed by atoms with Gasteiger partial charge in [-0.15, -0.1) is 0 Å². The van der Waals surface area contributed by atoms with E-state index in [2.05, 4.69) is 34.6 Å². The van der Waals surface area contributed by atoms with E-state index in [1.165, 1.54) is 0 Å². The van der Waals surface area contributed by atoms with Crippen molar-refractivity contribution >= 4 is 0 Å². The maximum Gasteiger partial charge on any atom is 0.163 e. The summed E-state index contributed by atoms with van der Waals surface area (Å²) in [6.45, 7) is 11.6. The number of hydrogen-bond donors (Lipinski definition) is 1. The monoisotopic (exact) mass is 293 g/mol. The van der Waals surface area contributed by atoms with E-state index in [4.69, 9.17) is 15.2 Å². The van der Waals surface area contributed by atoms with Crippen molar-refractivity contribution < 1.29 is 9.47 Å². The predicted octanol–water partition coefficient (Wildman–Crippen LogP) is 4.46. The fourth-order valence-electron chi connectivity index (χ4n) is 2.75. The second kappa shape index (κ2) is 8.93. The number of unbranched alkanes of at least 4 members (excludes halogenated alkanes) is 1. The minimum atomic E-state index is -0.319. The summed E-state index contributed by atoms with van der Waals surface area (Å²) in [6, 6.07) is 7.78. The number of benzene rings is 1. The van der Waals surface area contributed by atoms with E-state index in [1.54, 1.807) is 0 Å². The van der Waals surface area contributed by atoms with E-state index in [0.717, 1.165) is 24.3 Å². The van der Waals surface area contributed by atoms with Gasteiger partial charge in [0.25, 0.3) is 0 Å². The van der Waals surface area contributed by atoms with E-state index in [1.807, 2.05) is 24.3 Å². The van der Waals surface area contributed by atoms with Crippen molar-refractivity contribution in [2.75, 3.05) is 6.61 Å². The van der Waals surface area contributed by atoms with E-state index in [9.17, 15) is 0 Å². The van der Waals surface area contributed by atoms with Gasteiger partial charge in [-0.2, -0.15) is 0 Å². The van der Waals surface area contributed by atoms with Crippen molar-refractivity contribution in [2.24, 2.45) is 23.5 Å². The Morgan fingerprint density at radius 1 is 1.00 bits per heavy atom. The fourth-order valence-corrected chi connectivity index (χ4v) is 2.75. The zero-order chi connectivity index (χ0) is 15.8. The standard InChI is InChI=1S/C18H31NO2/c1-6-7-12-20-15-10-8-9-11-16(15)21-18(19)17(13(2)3)14(4)5/h8-11,13-14,17-18H,6-7,12,19H2,1-5H3.